The van der Waals surface area contributed by atoms with E-state index in [4.69, 9.17) is 4.74 Å². The molecular weight excluding hydrogens is 310 g/mol. The molecule has 1 atom stereocenters. The molecule has 1 unspecified atom stereocenters. The van der Waals surface area contributed by atoms with E-state index < -0.39 is 0 Å². The highest BCUT2D eigenvalue weighted by Gasteiger charge is 2.30. The van der Waals surface area contributed by atoms with Crippen LogP contribution in [-0.4, -0.2) is 22.8 Å². The molecule has 0 radical (unpaired) electrons. The van der Waals surface area contributed by atoms with Crippen LogP contribution in [0.25, 0.3) is 10.9 Å². The normalized spacial score (nSPS) is 22.8. The number of aliphatic hydroxyl groups is 1. The van der Waals surface area contributed by atoms with Gasteiger partial charge in [-0.05, 0) is 61.3 Å². The van der Waals surface area contributed by atoms with Crippen LogP contribution in [0.15, 0.2) is 30.3 Å². The molecule has 3 nitrogen and oxygen atoms in total. The van der Waals surface area contributed by atoms with Crippen LogP contribution in [0.2, 0.25) is 0 Å². The predicted molar refractivity (Wildman–Crippen MR) is 103 cm³/mol. The Labute approximate surface area is 151 Å². The third-order valence-corrected chi connectivity index (χ3v) is 5.66. The highest BCUT2D eigenvalue weighted by molar-refractivity contribution is 5.80. The number of ether oxygens (including phenoxy) is 1. The first-order chi connectivity index (χ1) is 11.9. The van der Waals surface area contributed by atoms with Crippen molar-refractivity contribution in [2.24, 2.45) is 11.3 Å². The molecule has 0 spiro atoms. The monoisotopic (exact) mass is 341 g/mol. The number of rotatable bonds is 4. The van der Waals surface area contributed by atoms with Gasteiger partial charge >= 0.3 is 0 Å². The lowest BCUT2D eigenvalue weighted by atomic mass is 9.72. The van der Waals surface area contributed by atoms with Gasteiger partial charge in [-0.3, -0.25) is 4.98 Å². The van der Waals surface area contributed by atoms with E-state index in [0.717, 1.165) is 41.1 Å². The Morgan fingerprint density at radius 3 is 2.48 bits per heavy atom. The molecule has 1 aliphatic carbocycles. The van der Waals surface area contributed by atoms with Crippen molar-refractivity contribution in [3.8, 4) is 5.75 Å². The molecule has 136 valence electrons. The van der Waals surface area contributed by atoms with Crippen LogP contribution in [-0.2, 0) is 0 Å². The second-order valence-electron chi connectivity index (χ2n) is 8.63. The maximum absolute atomic E-state index is 9.30. The van der Waals surface area contributed by atoms with Gasteiger partial charge in [0, 0.05) is 17.0 Å². The lowest BCUT2D eigenvalue weighted by Gasteiger charge is -2.36. The average molecular weight is 341 g/mol. The Morgan fingerprint density at radius 2 is 1.84 bits per heavy atom. The summed E-state index contributed by atoms with van der Waals surface area (Å²) in [6, 6.07) is 10.2. The van der Waals surface area contributed by atoms with E-state index in [2.05, 4.69) is 37.9 Å². The van der Waals surface area contributed by atoms with Crippen molar-refractivity contribution in [1.29, 1.82) is 0 Å². The van der Waals surface area contributed by atoms with Gasteiger partial charge in [-0.15, -0.1) is 0 Å². The first-order valence-corrected chi connectivity index (χ1v) is 9.55. The number of pyridine rings is 1. The Balaban J connectivity index is 1.67. The average Bonchev–Trinajstić information content (AvgIpc) is 2.60. The molecule has 1 aromatic carbocycles. The largest absolute Gasteiger partial charge is 0.490 e. The molecule has 1 fully saturated rings. The zero-order valence-corrected chi connectivity index (χ0v) is 16.0. The molecule has 1 N–H and O–H groups in total. The minimum Gasteiger partial charge on any atom is -0.490 e. The second kappa shape index (κ2) is 7.33. The summed E-state index contributed by atoms with van der Waals surface area (Å²) in [7, 11) is 0. The van der Waals surface area contributed by atoms with Gasteiger partial charge in [0.1, 0.15) is 5.75 Å². The molecule has 1 aliphatic rings. The van der Waals surface area contributed by atoms with Crippen molar-refractivity contribution < 1.29 is 9.84 Å². The topological polar surface area (TPSA) is 42.4 Å². The molecule has 1 heterocycles. The molecule has 0 amide bonds. The number of benzene rings is 1. The fraction of sp³-hybridized carbons (Fsp3) is 0.591. The smallest absolute Gasteiger partial charge is 0.120 e. The van der Waals surface area contributed by atoms with Gasteiger partial charge in [0.2, 0.25) is 0 Å². The van der Waals surface area contributed by atoms with Gasteiger partial charge < -0.3 is 9.84 Å². The van der Waals surface area contributed by atoms with Gasteiger partial charge in [-0.25, -0.2) is 0 Å². The molecule has 0 bridgehead atoms. The Hall–Kier alpha value is -1.61. The summed E-state index contributed by atoms with van der Waals surface area (Å²) in [6.07, 6.45) is 5.13. The third-order valence-electron chi connectivity index (χ3n) is 5.66. The standard InChI is InChI=1S/C22H31NO2/c1-15(14-24)20-11-5-16-13-19(10-12-21(16)23-20)25-18-8-6-17(7-9-18)22(2,3)4/h5,10-13,15,17-18,24H,6-9,14H2,1-4H3. The Kier molecular flexibility index (Phi) is 5.33. The van der Waals surface area contributed by atoms with Crippen LogP contribution in [0.3, 0.4) is 0 Å². The zero-order valence-electron chi connectivity index (χ0n) is 16.0. The second-order valence-corrected chi connectivity index (χ2v) is 8.63. The molecule has 0 aliphatic heterocycles. The van der Waals surface area contributed by atoms with Crippen LogP contribution >= 0.6 is 0 Å². The molecule has 0 saturated heterocycles. The molecule has 1 aromatic heterocycles. The molecule has 1 saturated carbocycles. The van der Waals surface area contributed by atoms with Gasteiger partial charge in [0.15, 0.2) is 0 Å². The van der Waals surface area contributed by atoms with E-state index in [1.54, 1.807) is 0 Å². The first kappa shape index (κ1) is 18.2. The highest BCUT2D eigenvalue weighted by Crippen LogP contribution is 2.38. The van der Waals surface area contributed by atoms with Crippen LogP contribution in [0, 0.1) is 11.3 Å². The molecular formula is C22H31NO2. The molecule has 3 heteroatoms. The summed E-state index contributed by atoms with van der Waals surface area (Å²) in [5, 5.41) is 10.4. The predicted octanol–water partition coefficient (Wildman–Crippen LogP) is 5.31. The fourth-order valence-electron chi connectivity index (χ4n) is 3.80. The van der Waals surface area contributed by atoms with Crippen LogP contribution in [0.1, 0.15) is 65.0 Å². The SMILES string of the molecule is CC(CO)c1ccc2cc(OC3CCC(C(C)(C)C)CC3)ccc2n1. The maximum atomic E-state index is 9.30. The first-order valence-electron chi connectivity index (χ1n) is 9.55. The number of fused-ring (bicyclic) bond motifs is 1. The maximum Gasteiger partial charge on any atom is 0.120 e. The summed E-state index contributed by atoms with van der Waals surface area (Å²) < 4.78 is 6.26. The quantitative estimate of drug-likeness (QED) is 0.819. The lowest BCUT2D eigenvalue weighted by Crippen LogP contribution is -2.30. The van der Waals surface area contributed by atoms with Crippen LogP contribution in [0.4, 0.5) is 0 Å². The third kappa shape index (κ3) is 4.33. The number of hydrogen-bond acceptors (Lipinski definition) is 3. The number of hydrogen-bond donors (Lipinski definition) is 1. The van der Waals surface area contributed by atoms with Gasteiger partial charge in [-0.2, -0.15) is 0 Å². The van der Waals surface area contributed by atoms with E-state index in [1.165, 1.54) is 12.8 Å². The van der Waals surface area contributed by atoms with Crippen molar-refractivity contribution >= 4 is 10.9 Å². The summed E-state index contributed by atoms with van der Waals surface area (Å²) in [6.45, 7) is 9.15. The number of aliphatic hydroxyl groups excluding tert-OH is 1. The van der Waals surface area contributed by atoms with E-state index in [-0.39, 0.29) is 12.5 Å². The van der Waals surface area contributed by atoms with Gasteiger partial charge in [0.05, 0.1) is 18.2 Å². The van der Waals surface area contributed by atoms with Crippen LogP contribution < -0.4 is 4.74 Å². The van der Waals surface area contributed by atoms with Crippen molar-refractivity contribution in [2.45, 2.75) is 65.4 Å². The Bertz CT molecular complexity index is 712. The van der Waals surface area contributed by atoms with Crippen LogP contribution in [0.5, 0.6) is 5.75 Å². The summed E-state index contributed by atoms with van der Waals surface area (Å²) in [5.41, 5.74) is 2.30. The minimum absolute atomic E-state index is 0.0679. The molecule has 25 heavy (non-hydrogen) atoms. The van der Waals surface area contributed by atoms with Gasteiger partial charge in [0.25, 0.3) is 0 Å². The van der Waals surface area contributed by atoms with Crippen molar-refractivity contribution in [3.63, 3.8) is 0 Å². The summed E-state index contributed by atoms with van der Waals surface area (Å²) in [4.78, 5) is 4.66. The van der Waals surface area contributed by atoms with E-state index >= 15 is 0 Å². The minimum atomic E-state index is 0.0679. The Morgan fingerprint density at radius 1 is 1.12 bits per heavy atom. The lowest BCUT2D eigenvalue weighted by molar-refractivity contribution is 0.0883. The molecule has 3 rings (SSSR count). The van der Waals surface area contributed by atoms with E-state index in [9.17, 15) is 5.11 Å². The van der Waals surface area contributed by atoms with Gasteiger partial charge in [-0.1, -0.05) is 33.8 Å². The van der Waals surface area contributed by atoms with Crippen molar-refractivity contribution in [3.05, 3.63) is 36.0 Å². The fourth-order valence-corrected chi connectivity index (χ4v) is 3.80. The van der Waals surface area contributed by atoms with E-state index in [0.29, 0.717) is 11.5 Å². The van der Waals surface area contributed by atoms with Crippen molar-refractivity contribution in [1.82, 2.24) is 4.98 Å². The number of nitrogens with zero attached hydrogens (tertiary/aromatic N) is 1. The van der Waals surface area contributed by atoms with Crippen molar-refractivity contribution in [2.75, 3.05) is 6.61 Å². The highest BCUT2D eigenvalue weighted by atomic mass is 16.5. The summed E-state index contributed by atoms with van der Waals surface area (Å²) in [5.74, 6) is 1.81. The van der Waals surface area contributed by atoms with E-state index in [1.807, 2.05) is 25.1 Å². The molecule has 2 aromatic rings. The summed E-state index contributed by atoms with van der Waals surface area (Å²) >= 11 is 0. The zero-order chi connectivity index (χ0) is 18.0. The number of aromatic nitrogens is 1.